The fourth-order valence-corrected chi connectivity index (χ4v) is 3.34. The number of aryl methyl sites for hydroxylation is 1. The number of carbonyl (C=O) groups is 2. The highest BCUT2D eigenvalue weighted by atomic mass is 32.1. The van der Waals surface area contributed by atoms with Gasteiger partial charge < -0.3 is 10.2 Å². The van der Waals surface area contributed by atoms with Crippen LogP contribution in [0.2, 0.25) is 0 Å². The number of hydrogen-bond acceptors (Lipinski definition) is 4. The van der Waals surface area contributed by atoms with Crippen LogP contribution in [0.1, 0.15) is 23.6 Å². The summed E-state index contributed by atoms with van der Waals surface area (Å²) in [5.41, 5.74) is 2.14. The fourth-order valence-electron chi connectivity index (χ4n) is 2.81. The Morgan fingerprint density at radius 2 is 2.09 bits per heavy atom. The van der Waals surface area contributed by atoms with E-state index in [1.807, 2.05) is 31.2 Å². The highest BCUT2D eigenvalue weighted by Crippen LogP contribution is 2.37. The third kappa shape index (κ3) is 2.74. The van der Waals surface area contributed by atoms with Crippen molar-refractivity contribution in [3.05, 3.63) is 47.0 Å². The van der Waals surface area contributed by atoms with Crippen molar-refractivity contribution in [2.24, 2.45) is 5.92 Å². The minimum absolute atomic E-state index is 0.00939. The second-order valence-corrected chi connectivity index (χ2v) is 6.39. The van der Waals surface area contributed by atoms with Crippen molar-refractivity contribution in [2.45, 2.75) is 19.4 Å². The molecule has 1 aliphatic rings. The molecule has 0 bridgehead atoms. The Morgan fingerprint density at radius 1 is 1.36 bits per heavy atom. The van der Waals surface area contributed by atoms with Crippen LogP contribution < -0.4 is 5.32 Å². The Bertz CT molecular complexity index is 682. The molecule has 0 saturated carbocycles. The number of likely N-dealkylation sites (tertiary alicyclic amines) is 1. The van der Waals surface area contributed by atoms with Crippen molar-refractivity contribution in [1.29, 1.82) is 0 Å². The minimum atomic E-state index is -0.399. The zero-order valence-corrected chi connectivity index (χ0v) is 13.3. The van der Waals surface area contributed by atoms with E-state index in [1.165, 1.54) is 11.3 Å². The summed E-state index contributed by atoms with van der Waals surface area (Å²) in [6.07, 6.45) is 1.87. The van der Waals surface area contributed by atoms with Gasteiger partial charge in [-0.15, -0.1) is 11.3 Å². The van der Waals surface area contributed by atoms with Crippen LogP contribution in [-0.4, -0.2) is 28.7 Å². The van der Waals surface area contributed by atoms with Crippen molar-refractivity contribution in [2.75, 3.05) is 12.4 Å². The first kappa shape index (κ1) is 14.7. The molecule has 1 N–H and O–H groups in total. The predicted molar refractivity (Wildman–Crippen MR) is 85.5 cm³/mol. The molecule has 2 amide bonds. The highest BCUT2D eigenvalue weighted by Gasteiger charge is 2.42. The number of benzene rings is 1. The largest absolute Gasteiger partial charge is 0.338 e. The number of aromatic nitrogens is 1. The van der Waals surface area contributed by atoms with Crippen molar-refractivity contribution >= 4 is 28.3 Å². The Morgan fingerprint density at radius 3 is 2.73 bits per heavy atom. The molecule has 2 aromatic rings. The summed E-state index contributed by atoms with van der Waals surface area (Å²) in [6, 6.07) is 7.74. The smallest absolute Gasteiger partial charge is 0.232 e. The molecule has 1 fully saturated rings. The highest BCUT2D eigenvalue weighted by molar-refractivity contribution is 7.13. The lowest BCUT2D eigenvalue weighted by Gasteiger charge is -2.24. The molecule has 0 radical (unpaired) electrons. The lowest BCUT2D eigenvalue weighted by Crippen LogP contribution is -2.30. The average molecular weight is 315 g/mol. The first-order valence-corrected chi connectivity index (χ1v) is 7.97. The SMILES string of the molecule is Cc1ccc([C@@H]2[C@@H](C(=O)Nc3nccs3)CC(=O)N2C)cc1. The normalized spacial score (nSPS) is 21.2. The second kappa shape index (κ2) is 5.88. The molecule has 0 spiro atoms. The molecule has 3 rings (SSSR count). The topological polar surface area (TPSA) is 62.3 Å². The number of nitrogens with zero attached hydrogens (tertiary/aromatic N) is 2. The molecular weight excluding hydrogens is 298 g/mol. The van der Waals surface area contributed by atoms with E-state index in [9.17, 15) is 9.59 Å². The first-order chi connectivity index (χ1) is 10.6. The van der Waals surface area contributed by atoms with Crippen LogP contribution in [-0.2, 0) is 9.59 Å². The van der Waals surface area contributed by atoms with E-state index in [1.54, 1.807) is 23.5 Å². The maximum Gasteiger partial charge on any atom is 0.232 e. The zero-order chi connectivity index (χ0) is 15.7. The third-order valence-corrected chi connectivity index (χ3v) is 4.69. The molecule has 0 unspecified atom stereocenters. The van der Waals surface area contributed by atoms with Crippen LogP contribution in [0.4, 0.5) is 5.13 Å². The Hall–Kier alpha value is -2.21. The lowest BCUT2D eigenvalue weighted by atomic mass is 9.92. The predicted octanol–water partition coefficient (Wildman–Crippen LogP) is 2.61. The van der Waals surface area contributed by atoms with E-state index in [2.05, 4.69) is 10.3 Å². The van der Waals surface area contributed by atoms with Gasteiger partial charge in [0.25, 0.3) is 0 Å². The van der Waals surface area contributed by atoms with Crippen LogP contribution in [0.3, 0.4) is 0 Å². The number of anilines is 1. The van der Waals surface area contributed by atoms with Crippen molar-refractivity contribution in [3.8, 4) is 0 Å². The van der Waals surface area contributed by atoms with E-state index in [0.29, 0.717) is 5.13 Å². The zero-order valence-electron chi connectivity index (χ0n) is 12.4. The molecule has 2 heterocycles. The number of thiazole rings is 1. The lowest BCUT2D eigenvalue weighted by molar-refractivity contribution is -0.127. The molecule has 1 aromatic heterocycles. The number of amides is 2. The summed E-state index contributed by atoms with van der Waals surface area (Å²) in [7, 11) is 1.75. The van der Waals surface area contributed by atoms with E-state index in [4.69, 9.17) is 0 Å². The number of nitrogens with one attached hydrogen (secondary N) is 1. The molecular formula is C16H17N3O2S. The number of hydrogen-bond donors (Lipinski definition) is 1. The van der Waals surface area contributed by atoms with Gasteiger partial charge in [0, 0.05) is 25.0 Å². The van der Waals surface area contributed by atoms with Gasteiger partial charge in [-0.3, -0.25) is 9.59 Å². The van der Waals surface area contributed by atoms with Gasteiger partial charge in [0.1, 0.15) is 0 Å². The Kier molecular flexibility index (Phi) is 3.94. The minimum Gasteiger partial charge on any atom is -0.338 e. The van der Waals surface area contributed by atoms with Crippen molar-refractivity contribution in [1.82, 2.24) is 9.88 Å². The van der Waals surface area contributed by atoms with Crippen LogP contribution in [0.5, 0.6) is 0 Å². The number of rotatable bonds is 3. The van der Waals surface area contributed by atoms with E-state index >= 15 is 0 Å². The molecule has 6 heteroatoms. The standard InChI is InChI=1S/C16H17N3O2S/c1-10-3-5-11(6-4-10)14-12(9-13(20)19(14)2)15(21)18-16-17-7-8-22-16/h3-8,12,14H,9H2,1-2H3,(H,17,18,21)/t12-,14+/m0/s1. The maximum atomic E-state index is 12.5. The average Bonchev–Trinajstić information content (AvgIpc) is 3.10. The molecule has 2 atom stereocenters. The van der Waals surface area contributed by atoms with Crippen molar-refractivity contribution in [3.63, 3.8) is 0 Å². The molecule has 0 aliphatic carbocycles. The maximum absolute atomic E-state index is 12.5. The van der Waals surface area contributed by atoms with E-state index in [0.717, 1.165) is 11.1 Å². The van der Waals surface area contributed by atoms with Crippen LogP contribution in [0.25, 0.3) is 0 Å². The summed E-state index contributed by atoms with van der Waals surface area (Å²) in [5.74, 6) is -0.563. The molecule has 1 aliphatic heterocycles. The van der Waals surface area contributed by atoms with E-state index < -0.39 is 5.92 Å². The fraction of sp³-hybridized carbons (Fsp3) is 0.312. The molecule has 5 nitrogen and oxygen atoms in total. The molecule has 1 aromatic carbocycles. The summed E-state index contributed by atoms with van der Waals surface area (Å²) < 4.78 is 0. The van der Waals surface area contributed by atoms with Gasteiger partial charge in [-0.25, -0.2) is 4.98 Å². The van der Waals surface area contributed by atoms with Gasteiger partial charge in [-0.1, -0.05) is 29.8 Å². The second-order valence-electron chi connectivity index (χ2n) is 5.50. The third-order valence-electron chi connectivity index (χ3n) is 4.00. The van der Waals surface area contributed by atoms with Gasteiger partial charge in [0.2, 0.25) is 11.8 Å². The summed E-state index contributed by atoms with van der Waals surface area (Å²) in [4.78, 5) is 30.3. The summed E-state index contributed by atoms with van der Waals surface area (Å²) in [6.45, 7) is 2.01. The summed E-state index contributed by atoms with van der Waals surface area (Å²) in [5, 5.41) is 5.17. The van der Waals surface area contributed by atoms with Gasteiger partial charge in [0.15, 0.2) is 5.13 Å². The quantitative estimate of drug-likeness (QED) is 0.947. The number of carbonyl (C=O) groups excluding carboxylic acids is 2. The Labute approximate surface area is 133 Å². The molecule has 22 heavy (non-hydrogen) atoms. The molecule has 114 valence electrons. The van der Waals surface area contributed by atoms with Gasteiger partial charge in [-0.05, 0) is 12.5 Å². The Balaban J connectivity index is 1.86. The van der Waals surface area contributed by atoms with Crippen LogP contribution >= 0.6 is 11.3 Å². The monoisotopic (exact) mass is 315 g/mol. The summed E-state index contributed by atoms with van der Waals surface area (Å²) >= 11 is 1.37. The van der Waals surface area contributed by atoms with Gasteiger partial charge in [-0.2, -0.15) is 0 Å². The first-order valence-electron chi connectivity index (χ1n) is 7.09. The van der Waals surface area contributed by atoms with Crippen molar-refractivity contribution < 1.29 is 9.59 Å². The van der Waals surface area contributed by atoms with Gasteiger partial charge in [0.05, 0.1) is 12.0 Å². The molecule has 1 saturated heterocycles. The van der Waals surface area contributed by atoms with Crippen LogP contribution in [0.15, 0.2) is 35.8 Å². The van der Waals surface area contributed by atoms with Crippen LogP contribution in [0, 0.1) is 12.8 Å². The van der Waals surface area contributed by atoms with Gasteiger partial charge >= 0.3 is 0 Å². The van der Waals surface area contributed by atoms with E-state index in [-0.39, 0.29) is 24.3 Å².